The molecule has 3 aromatic rings. The fourth-order valence-electron chi connectivity index (χ4n) is 3.25. The van der Waals surface area contributed by atoms with Crippen molar-refractivity contribution in [1.29, 1.82) is 0 Å². The number of ether oxygens (including phenoxy) is 3. The number of carbonyl (C=O) groups excluding carboxylic acids is 1. The summed E-state index contributed by atoms with van der Waals surface area (Å²) in [6.45, 7) is 0.0207. The van der Waals surface area contributed by atoms with Crippen molar-refractivity contribution in [3.63, 3.8) is 0 Å². The summed E-state index contributed by atoms with van der Waals surface area (Å²) in [4.78, 5) is 12.0. The lowest BCUT2D eigenvalue weighted by Crippen LogP contribution is -2.30. The number of nitrogens with one attached hydrogen (secondary N) is 1. The van der Waals surface area contributed by atoms with Crippen LogP contribution in [0.1, 0.15) is 12.8 Å². The van der Waals surface area contributed by atoms with Gasteiger partial charge in [-0.25, -0.2) is 0 Å². The number of carbonyl (C=O) groups is 1. The van der Waals surface area contributed by atoms with Crippen LogP contribution in [-0.2, 0) is 4.79 Å². The average molecular weight is 377 g/mol. The Labute approximate surface area is 164 Å². The van der Waals surface area contributed by atoms with Crippen molar-refractivity contribution in [2.75, 3.05) is 20.8 Å². The predicted octanol–water partition coefficient (Wildman–Crippen LogP) is 4.18. The first-order valence-corrected chi connectivity index (χ1v) is 9.35. The van der Waals surface area contributed by atoms with Gasteiger partial charge in [-0.2, -0.15) is 0 Å². The van der Waals surface area contributed by atoms with Crippen LogP contribution in [0.3, 0.4) is 0 Å². The average Bonchev–Trinajstić information content (AvgIpc) is 3.55. The van der Waals surface area contributed by atoms with Crippen molar-refractivity contribution in [2.45, 2.75) is 18.9 Å². The SMILES string of the molecule is COc1cc(OC)cc(-c2ccc(OCC(=O)NC3CC3)c3ccccc23)c1. The molecule has 4 rings (SSSR count). The van der Waals surface area contributed by atoms with E-state index in [1.54, 1.807) is 14.2 Å². The van der Waals surface area contributed by atoms with Crippen LogP contribution < -0.4 is 19.5 Å². The van der Waals surface area contributed by atoms with Gasteiger partial charge in [-0.3, -0.25) is 4.79 Å². The Balaban J connectivity index is 1.68. The van der Waals surface area contributed by atoms with E-state index >= 15 is 0 Å². The third-order valence-corrected chi connectivity index (χ3v) is 4.85. The van der Waals surface area contributed by atoms with E-state index in [9.17, 15) is 4.79 Å². The Morgan fingerprint density at radius 2 is 1.64 bits per heavy atom. The summed E-state index contributed by atoms with van der Waals surface area (Å²) in [5.74, 6) is 2.08. The molecule has 5 nitrogen and oxygen atoms in total. The maximum absolute atomic E-state index is 12.0. The summed E-state index contributed by atoms with van der Waals surface area (Å²) < 4.78 is 16.6. The molecule has 1 aliphatic carbocycles. The van der Waals surface area contributed by atoms with Crippen molar-refractivity contribution < 1.29 is 19.0 Å². The molecule has 0 aromatic heterocycles. The van der Waals surface area contributed by atoms with E-state index in [0.29, 0.717) is 11.8 Å². The molecule has 0 bridgehead atoms. The summed E-state index contributed by atoms with van der Waals surface area (Å²) in [7, 11) is 3.28. The fourth-order valence-corrected chi connectivity index (χ4v) is 3.25. The second-order valence-corrected chi connectivity index (χ2v) is 6.89. The molecule has 1 amide bonds. The highest BCUT2D eigenvalue weighted by Gasteiger charge is 2.23. The highest BCUT2D eigenvalue weighted by molar-refractivity contribution is 6.00. The molecule has 1 N–H and O–H groups in total. The van der Waals surface area contributed by atoms with Gasteiger partial charge in [0.15, 0.2) is 6.61 Å². The summed E-state index contributed by atoms with van der Waals surface area (Å²) in [5, 5.41) is 4.94. The Bertz CT molecular complexity index is 988. The van der Waals surface area contributed by atoms with Crippen molar-refractivity contribution >= 4 is 16.7 Å². The first kappa shape index (κ1) is 18.2. The van der Waals surface area contributed by atoms with Crippen LogP contribution in [0, 0.1) is 0 Å². The minimum atomic E-state index is -0.0758. The number of benzene rings is 3. The molecule has 144 valence electrons. The summed E-state index contributed by atoms with van der Waals surface area (Å²) in [6.07, 6.45) is 2.13. The number of hydrogen-bond donors (Lipinski definition) is 1. The third-order valence-electron chi connectivity index (χ3n) is 4.85. The first-order chi connectivity index (χ1) is 13.7. The molecule has 5 heteroatoms. The Morgan fingerprint density at radius 3 is 2.29 bits per heavy atom. The number of rotatable bonds is 7. The van der Waals surface area contributed by atoms with Crippen molar-refractivity contribution in [1.82, 2.24) is 5.32 Å². The second-order valence-electron chi connectivity index (χ2n) is 6.89. The molecule has 0 heterocycles. The molecular weight excluding hydrogens is 354 g/mol. The van der Waals surface area contributed by atoms with E-state index in [1.165, 1.54) is 0 Å². The maximum atomic E-state index is 12.0. The van der Waals surface area contributed by atoms with Gasteiger partial charge in [0.2, 0.25) is 0 Å². The summed E-state index contributed by atoms with van der Waals surface area (Å²) in [6, 6.07) is 18.1. The lowest BCUT2D eigenvalue weighted by atomic mass is 9.97. The van der Waals surface area contributed by atoms with E-state index in [4.69, 9.17) is 14.2 Å². The van der Waals surface area contributed by atoms with Gasteiger partial charge in [-0.1, -0.05) is 30.3 Å². The zero-order valence-corrected chi connectivity index (χ0v) is 16.0. The predicted molar refractivity (Wildman–Crippen MR) is 109 cm³/mol. The van der Waals surface area contributed by atoms with Crippen molar-refractivity contribution in [3.05, 3.63) is 54.6 Å². The monoisotopic (exact) mass is 377 g/mol. The molecule has 0 saturated heterocycles. The molecule has 1 aliphatic rings. The van der Waals surface area contributed by atoms with Crippen LogP contribution in [-0.4, -0.2) is 32.8 Å². The minimum absolute atomic E-state index is 0.0207. The van der Waals surface area contributed by atoms with Crippen LogP contribution in [0.25, 0.3) is 21.9 Å². The molecular formula is C23H23NO4. The number of amides is 1. The molecule has 0 spiro atoms. The molecule has 0 atom stereocenters. The zero-order chi connectivity index (χ0) is 19.5. The van der Waals surface area contributed by atoms with Gasteiger partial charge in [0.05, 0.1) is 14.2 Å². The molecule has 3 aromatic carbocycles. The Morgan fingerprint density at radius 1 is 0.964 bits per heavy atom. The smallest absolute Gasteiger partial charge is 0.258 e. The molecule has 1 saturated carbocycles. The molecule has 0 aliphatic heterocycles. The normalized spacial score (nSPS) is 13.2. The van der Waals surface area contributed by atoms with E-state index in [0.717, 1.165) is 46.2 Å². The van der Waals surface area contributed by atoms with E-state index in [2.05, 4.69) is 5.32 Å². The quantitative estimate of drug-likeness (QED) is 0.671. The van der Waals surface area contributed by atoms with Gasteiger partial charge >= 0.3 is 0 Å². The lowest BCUT2D eigenvalue weighted by molar-refractivity contribution is -0.123. The first-order valence-electron chi connectivity index (χ1n) is 9.35. The largest absolute Gasteiger partial charge is 0.497 e. The molecule has 28 heavy (non-hydrogen) atoms. The lowest BCUT2D eigenvalue weighted by Gasteiger charge is -2.14. The highest BCUT2D eigenvalue weighted by Crippen LogP contribution is 2.37. The maximum Gasteiger partial charge on any atom is 0.258 e. The number of hydrogen-bond acceptors (Lipinski definition) is 4. The zero-order valence-electron chi connectivity index (χ0n) is 16.0. The number of fused-ring (bicyclic) bond motifs is 1. The summed E-state index contributed by atoms with van der Waals surface area (Å²) in [5.41, 5.74) is 2.04. The van der Waals surface area contributed by atoms with Gasteiger partial charge < -0.3 is 19.5 Å². The van der Waals surface area contributed by atoms with Gasteiger partial charge in [-0.05, 0) is 47.6 Å². The van der Waals surface area contributed by atoms with Crippen LogP contribution >= 0.6 is 0 Å². The van der Waals surface area contributed by atoms with Crippen LogP contribution in [0.2, 0.25) is 0 Å². The van der Waals surface area contributed by atoms with Crippen LogP contribution in [0.15, 0.2) is 54.6 Å². The highest BCUT2D eigenvalue weighted by atomic mass is 16.5. The van der Waals surface area contributed by atoms with Crippen molar-refractivity contribution in [3.8, 4) is 28.4 Å². The standard InChI is InChI=1S/C23H23NO4/c1-26-17-11-15(12-18(13-17)27-2)19-9-10-22(21-6-4-3-5-20(19)21)28-14-23(25)24-16-7-8-16/h3-6,9-13,16H,7-8,14H2,1-2H3,(H,24,25). The Hall–Kier alpha value is -3.21. The van der Waals surface area contributed by atoms with Crippen LogP contribution in [0.4, 0.5) is 0 Å². The van der Waals surface area contributed by atoms with Gasteiger partial charge in [0.25, 0.3) is 5.91 Å². The molecule has 0 unspecified atom stereocenters. The van der Waals surface area contributed by atoms with Gasteiger partial charge in [0.1, 0.15) is 17.2 Å². The number of methoxy groups -OCH3 is 2. The van der Waals surface area contributed by atoms with Gasteiger partial charge in [-0.15, -0.1) is 0 Å². The van der Waals surface area contributed by atoms with E-state index in [1.807, 2.05) is 54.6 Å². The summed E-state index contributed by atoms with van der Waals surface area (Å²) >= 11 is 0. The minimum Gasteiger partial charge on any atom is -0.497 e. The molecule has 0 radical (unpaired) electrons. The van der Waals surface area contributed by atoms with Gasteiger partial charge in [0, 0.05) is 17.5 Å². The van der Waals surface area contributed by atoms with Crippen LogP contribution in [0.5, 0.6) is 17.2 Å². The Kier molecular flexibility index (Phi) is 5.06. The van der Waals surface area contributed by atoms with E-state index in [-0.39, 0.29) is 12.5 Å². The second kappa shape index (κ2) is 7.80. The fraction of sp³-hybridized carbons (Fsp3) is 0.261. The topological polar surface area (TPSA) is 56.8 Å². The van der Waals surface area contributed by atoms with E-state index < -0.39 is 0 Å². The van der Waals surface area contributed by atoms with Crippen molar-refractivity contribution in [2.24, 2.45) is 0 Å². The molecule has 1 fully saturated rings. The third kappa shape index (κ3) is 3.88.